The molecule has 0 saturated heterocycles. The van der Waals surface area contributed by atoms with Gasteiger partial charge in [0.15, 0.2) is 0 Å². The van der Waals surface area contributed by atoms with Gasteiger partial charge in [-0.05, 0) is 92.7 Å². The first-order chi connectivity index (χ1) is 12.2. The Morgan fingerprint density at radius 2 is 1.44 bits per heavy atom. The molecule has 0 aliphatic heterocycles. The number of rotatable bonds is 5. The Balaban J connectivity index is 1.35. The molecular formula is C23H30FN. The maximum atomic E-state index is 13.1. The summed E-state index contributed by atoms with van der Waals surface area (Å²) in [7, 11) is 0. The van der Waals surface area contributed by atoms with Crippen LogP contribution in [0.15, 0.2) is 36.4 Å². The number of nitrogens with zero attached hydrogens (tertiary/aromatic N) is 1. The molecule has 1 aromatic carbocycles. The second-order valence-corrected chi connectivity index (χ2v) is 8.12. The van der Waals surface area contributed by atoms with Crippen LogP contribution in [0.25, 0.3) is 0 Å². The van der Waals surface area contributed by atoms with Gasteiger partial charge in [-0.2, -0.15) is 5.26 Å². The van der Waals surface area contributed by atoms with E-state index in [0.717, 1.165) is 11.8 Å². The SMILES string of the molecule is N#C/C=C/[C@H]1CC[C@H](CC[C@H]2CC[C@H](c3ccc(F)cc3)CC2)CC1. The van der Waals surface area contributed by atoms with Crippen LogP contribution in [-0.2, 0) is 0 Å². The molecule has 2 aliphatic rings. The van der Waals surface area contributed by atoms with Crippen molar-refractivity contribution in [2.24, 2.45) is 17.8 Å². The zero-order valence-corrected chi connectivity index (χ0v) is 15.2. The topological polar surface area (TPSA) is 23.8 Å². The molecule has 0 heterocycles. The Morgan fingerprint density at radius 3 is 2.00 bits per heavy atom. The van der Waals surface area contributed by atoms with E-state index < -0.39 is 0 Å². The predicted octanol–water partition coefficient (Wildman–Crippen LogP) is 6.77. The largest absolute Gasteiger partial charge is 0.207 e. The highest BCUT2D eigenvalue weighted by molar-refractivity contribution is 5.20. The van der Waals surface area contributed by atoms with Crippen LogP contribution in [0.5, 0.6) is 0 Å². The highest BCUT2D eigenvalue weighted by atomic mass is 19.1. The maximum absolute atomic E-state index is 13.1. The van der Waals surface area contributed by atoms with Crippen molar-refractivity contribution in [3.63, 3.8) is 0 Å². The Kier molecular flexibility index (Phi) is 6.68. The van der Waals surface area contributed by atoms with E-state index in [4.69, 9.17) is 5.26 Å². The summed E-state index contributed by atoms with van der Waals surface area (Å²) in [5.41, 5.74) is 1.32. The molecule has 1 aromatic rings. The van der Waals surface area contributed by atoms with Crippen LogP contribution < -0.4 is 0 Å². The monoisotopic (exact) mass is 339 g/mol. The van der Waals surface area contributed by atoms with Gasteiger partial charge in [0.2, 0.25) is 0 Å². The summed E-state index contributed by atoms with van der Waals surface area (Å²) >= 11 is 0. The van der Waals surface area contributed by atoms with E-state index in [2.05, 4.69) is 12.1 Å². The molecule has 0 aromatic heterocycles. The molecule has 3 rings (SSSR count). The van der Waals surface area contributed by atoms with Crippen LogP contribution in [0.3, 0.4) is 0 Å². The molecule has 2 saturated carbocycles. The fourth-order valence-corrected chi connectivity index (χ4v) is 4.84. The highest BCUT2D eigenvalue weighted by Gasteiger charge is 2.24. The number of halogens is 1. The summed E-state index contributed by atoms with van der Waals surface area (Å²) in [6.45, 7) is 0. The number of allylic oxidation sites excluding steroid dienone is 2. The van der Waals surface area contributed by atoms with Gasteiger partial charge in [0.25, 0.3) is 0 Å². The molecule has 0 unspecified atom stereocenters. The first-order valence-corrected chi connectivity index (χ1v) is 10.1. The summed E-state index contributed by atoms with van der Waals surface area (Å²) in [5, 5.41) is 8.63. The molecular weight excluding hydrogens is 309 g/mol. The van der Waals surface area contributed by atoms with Gasteiger partial charge in [-0.15, -0.1) is 0 Å². The molecule has 0 spiro atoms. The van der Waals surface area contributed by atoms with Gasteiger partial charge >= 0.3 is 0 Å². The fraction of sp³-hybridized carbons (Fsp3) is 0.609. The van der Waals surface area contributed by atoms with E-state index in [9.17, 15) is 4.39 Å². The average Bonchev–Trinajstić information content (AvgIpc) is 2.67. The molecule has 2 aliphatic carbocycles. The molecule has 1 nitrogen and oxygen atoms in total. The van der Waals surface area contributed by atoms with Crippen molar-refractivity contribution >= 4 is 0 Å². The van der Waals surface area contributed by atoms with Crippen molar-refractivity contribution in [2.45, 2.75) is 70.1 Å². The predicted molar refractivity (Wildman–Crippen MR) is 101 cm³/mol. The molecule has 25 heavy (non-hydrogen) atoms. The Morgan fingerprint density at radius 1 is 0.880 bits per heavy atom. The number of hydrogen-bond donors (Lipinski definition) is 0. The molecule has 0 bridgehead atoms. The summed E-state index contributed by atoms with van der Waals surface area (Å²) in [4.78, 5) is 0. The zero-order valence-electron chi connectivity index (χ0n) is 15.2. The Labute approximate surface area is 151 Å². The van der Waals surface area contributed by atoms with Gasteiger partial charge in [-0.25, -0.2) is 4.39 Å². The summed E-state index contributed by atoms with van der Waals surface area (Å²) in [6.07, 6.45) is 16.9. The molecule has 0 radical (unpaired) electrons. The van der Waals surface area contributed by atoms with E-state index >= 15 is 0 Å². The molecule has 2 fully saturated rings. The number of hydrogen-bond acceptors (Lipinski definition) is 1. The average molecular weight is 339 g/mol. The van der Waals surface area contributed by atoms with Gasteiger partial charge < -0.3 is 0 Å². The molecule has 2 heteroatoms. The lowest BCUT2D eigenvalue weighted by molar-refractivity contribution is 0.246. The van der Waals surface area contributed by atoms with Gasteiger partial charge in [0.1, 0.15) is 5.82 Å². The normalized spacial score (nSPS) is 30.2. The molecule has 0 N–H and O–H groups in total. The van der Waals surface area contributed by atoms with Crippen molar-refractivity contribution < 1.29 is 4.39 Å². The fourth-order valence-electron chi connectivity index (χ4n) is 4.84. The van der Waals surface area contributed by atoms with Gasteiger partial charge in [-0.1, -0.05) is 31.1 Å². The summed E-state index contributed by atoms with van der Waals surface area (Å²) < 4.78 is 13.1. The Hall–Kier alpha value is -1.62. The third-order valence-corrected chi connectivity index (χ3v) is 6.51. The minimum absolute atomic E-state index is 0.129. The summed E-state index contributed by atoms with van der Waals surface area (Å²) in [5.74, 6) is 2.95. The van der Waals surface area contributed by atoms with Crippen LogP contribution >= 0.6 is 0 Å². The number of benzene rings is 1. The van der Waals surface area contributed by atoms with Crippen molar-refractivity contribution in [1.29, 1.82) is 5.26 Å². The van der Waals surface area contributed by atoms with Crippen LogP contribution in [0.1, 0.15) is 75.7 Å². The first-order valence-electron chi connectivity index (χ1n) is 10.1. The quantitative estimate of drug-likeness (QED) is 0.543. The second kappa shape index (κ2) is 9.18. The third-order valence-electron chi connectivity index (χ3n) is 6.51. The lowest BCUT2D eigenvalue weighted by Gasteiger charge is -2.31. The minimum Gasteiger partial charge on any atom is -0.207 e. The molecule has 0 atom stereocenters. The van der Waals surface area contributed by atoms with Crippen LogP contribution in [-0.4, -0.2) is 0 Å². The zero-order chi connectivity index (χ0) is 17.5. The van der Waals surface area contributed by atoms with Gasteiger partial charge in [-0.3, -0.25) is 0 Å². The molecule has 134 valence electrons. The number of nitriles is 1. The van der Waals surface area contributed by atoms with Crippen LogP contribution in [0, 0.1) is 34.9 Å². The first kappa shape index (κ1) is 18.2. The van der Waals surface area contributed by atoms with E-state index in [1.807, 2.05) is 12.1 Å². The van der Waals surface area contributed by atoms with Crippen LogP contribution in [0.2, 0.25) is 0 Å². The maximum Gasteiger partial charge on any atom is 0.123 e. The van der Waals surface area contributed by atoms with Crippen molar-refractivity contribution in [3.8, 4) is 6.07 Å². The standard InChI is InChI=1S/C23H30FN/c24-23-15-13-22(14-16-23)21-11-9-20(10-12-21)8-7-19-5-3-18(4-6-19)2-1-17-25/h1-2,13-16,18-21H,3-12H2/b2-1+/t18-,19-,20-,21-. The van der Waals surface area contributed by atoms with Crippen molar-refractivity contribution in [1.82, 2.24) is 0 Å². The van der Waals surface area contributed by atoms with E-state index in [0.29, 0.717) is 11.8 Å². The minimum atomic E-state index is -0.129. The Bertz CT molecular complexity index is 582. The van der Waals surface area contributed by atoms with Gasteiger partial charge in [0, 0.05) is 6.08 Å². The van der Waals surface area contributed by atoms with Crippen LogP contribution in [0.4, 0.5) is 4.39 Å². The van der Waals surface area contributed by atoms with Crippen molar-refractivity contribution in [2.75, 3.05) is 0 Å². The smallest absolute Gasteiger partial charge is 0.123 e. The third kappa shape index (κ3) is 5.43. The second-order valence-electron chi connectivity index (χ2n) is 8.12. The van der Waals surface area contributed by atoms with E-state index in [-0.39, 0.29) is 5.82 Å². The van der Waals surface area contributed by atoms with E-state index in [1.54, 1.807) is 18.2 Å². The lowest BCUT2D eigenvalue weighted by Crippen LogP contribution is -2.17. The van der Waals surface area contributed by atoms with Gasteiger partial charge in [0.05, 0.1) is 6.07 Å². The van der Waals surface area contributed by atoms with E-state index in [1.165, 1.54) is 69.8 Å². The molecule has 0 amide bonds. The lowest BCUT2D eigenvalue weighted by atomic mass is 9.74. The highest BCUT2D eigenvalue weighted by Crippen LogP contribution is 2.39. The summed E-state index contributed by atoms with van der Waals surface area (Å²) in [6, 6.07) is 9.26. The van der Waals surface area contributed by atoms with Crippen molar-refractivity contribution in [3.05, 3.63) is 47.8 Å².